The molecule has 0 spiro atoms. The van der Waals surface area contributed by atoms with Gasteiger partial charge in [-0.3, -0.25) is 9.59 Å². The number of urea groups is 1. The fraction of sp³-hybridized carbons (Fsp3) is 0.353. The number of unbranched alkanes of at least 4 members (excludes halogenated alkanes) is 2. The molecule has 3 aromatic rings. The van der Waals surface area contributed by atoms with Crippen molar-refractivity contribution in [2.45, 2.75) is 44.2 Å². The summed E-state index contributed by atoms with van der Waals surface area (Å²) >= 11 is 0. The number of amides is 3. The van der Waals surface area contributed by atoms with Gasteiger partial charge < -0.3 is 30.1 Å². The Bertz CT molecular complexity index is 1410. The number of benzene rings is 2. The maximum Gasteiger partial charge on any atom is 0.317 e. The van der Waals surface area contributed by atoms with E-state index in [2.05, 4.69) is 23.8 Å². The summed E-state index contributed by atoms with van der Waals surface area (Å²) in [5.41, 5.74) is 2.47. The van der Waals surface area contributed by atoms with Crippen molar-refractivity contribution < 1.29 is 29.0 Å². The van der Waals surface area contributed by atoms with Crippen LogP contribution in [0.5, 0.6) is 11.5 Å². The van der Waals surface area contributed by atoms with E-state index in [1.165, 1.54) is 0 Å². The molecule has 0 saturated heterocycles. The Hall–Kier alpha value is -4.86. The Morgan fingerprint density at radius 1 is 1.16 bits per heavy atom. The molecule has 1 saturated carbocycles. The number of hydrogen-bond donors (Lipinski definition) is 3. The van der Waals surface area contributed by atoms with Crippen molar-refractivity contribution in [1.29, 1.82) is 0 Å². The lowest BCUT2D eigenvalue weighted by Crippen LogP contribution is -2.51. The molecule has 3 atom stereocenters. The fourth-order valence-electron chi connectivity index (χ4n) is 4.66. The van der Waals surface area contributed by atoms with Crippen LogP contribution >= 0.6 is 0 Å². The molecule has 1 aliphatic carbocycles. The summed E-state index contributed by atoms with van der Waals surface area (Å²) in [6.45, 7) is 8.13. The van der Waals surface area contributed by atoms with Gasteiger partial charge in [-0.15, -0.1) is 13.2 Å². The number of aromatic nitrogens is 1. The van der Waals surface area contributed by atoms with E-state index in [-0.39, 0.29) is 37.0 Å². The Morgan fingerprint density at radius 3 is 2.57 bits per heavy atom. The molecule has 2 aromatic carbocycles. The normalized spacial score (nSPS) is 15.5. The van der Waals surface area contributed by atoms with Crippen molar-refractivity contribution in [3.63, 3.8) is 0 Å². The second kappa shape index (κ2) is 17.3. The van der Waals surface area contributed by atoms with Gasteiger partial charge >= 0.3 is 6.03 Å². The summed E-state index contributed by atoms with van der Waals surface area (Å²) in [5.74, 6) is 1.41. The van der Waals surface area contributed by atoms with Crippen LogP contribution in [0.3, 0.4) is 0 Å². The highest BCUT2D eigenvalue weighted by atomic mass is 16.5. The van der Waals surface area contributed by atoms with E-state index in [4.69, 9.17) is 24.4 Å². The number of allylic oxidation sites excluding steroid dienone is 1. The van der Waals surface area contributed by atoms with Gasteiger partial charge in [0.25, 0.3) is 6.47 Å². The highest BCUT2D eigenvalue weighted by Crippen LogP contribution is 2.33. The number of ether oxygens (including phenoxy) is 2. The minimum Gasteiger partial charge on any atom is -0.497 e. The molecule has 4 rings (SSSR count). The first-order chi connectivity index (χ1) is 21.3. The van der Waals surface area contributed by atoms with Gasteiger partial charge in [0, 0.05) is 49.1 Å². The van der Waals surface area contributed by atoms with Gasteiger partial charge in [-0.05, 0) is 43.7 Å². The summed E-state index contributed by atoms with van der Waals surface area (Å²) < 4.78 is 11.7. The average molecular weight is 603 g/mol. The van der Waals surface area contributed by atoms with Crippen LogP contribution in [0.2, 0.25) is 0 Å². The van der Waals surface area contributed by atoms with Crippen LogP contribution < -0.4 is 20.1 Å². The Morgan fingerprint density at radius 2 is 1.91 bits per heavy atom. The molecule has 1 aromatic heterocycles. The van der Waals surface area contributed by atoms with E-state index >= 15 is 0 Å². The van der Waals surface area contributed by atoms with Crippen molar-refractivity contribution in [3.05, 3.63) is 79.9 Å². The molecule has 1 fully saturated rings. The number of carboxylic acid groups (broad SMARTS) is 1. The van der Waals surface area contributed by atoms with Crippen molar-refractivity contribution in [2.24, 2.45) is 5.92 Å². The largest absolute Gasteiger partial charge is 0.497 e. The lowest BCUT2D eigenvalue weighted by atomic mass is 10.1. The number of methoxy groups -OCH3 is 1. The third kappa shape index (κ3) is 9.86. The molecule has 2 unspecified atom stereocenters. The van der Waals surface area contributed by atoms with Gasteiger partial charge in [-0.25, -0.2) is 9.78 Å². The standard InChI is InChI=1S/C33H40N4O4.CH2O2/c1-5-7-8-12-18-37(3)33(39)36-27(32(38)35-28-20-23(28)6-2)17-19-41-31-22-29(24-13-10-9-11-14-24)34-30-21-25(40-4)15-16-26(30)31;2-1-3/h5-6,9-11,13-16,21-23,27-28H,1-2,7-8,12,17-20H2,3-4H3,(H,35,38)(H,36,39);1H,(H,2,3)/t23-,27?,28?;/m1./s1. The number of nitrogens with zero attached hydrogens (tertiary/aromatic N) is 2. The van der Waals surface area contributed by atoms with E-state index in [0.29, 0.717) is 24.5 Å². The van der Waals surface area contributed by atoms with Crippen LogP contribution in [0, 0.1) is 5.92 Å². The number of nitrogens with one attached hydrogen (secondary N) is 2. The van der Waals surface area contributed by atoms with E-state index < -0.39 is 6.04 Å². The molecule has 10 heteroatoms. The third-order valence-corrected chi connectivity index (χ3v) is 7.30. The molecule has 1 heterocycles. The predicted molar refractivity (Wildman–Crippen MR) is 172 cm³/mol. The van der Waals surface area contributed by atoms with Gasteiger partial charge in [-0.2, -0.15) is 0 Å². The maximum absolute atomic E-state index is 13.2. The van der Waals surface area contributed by atoms with Gasteiger partial charge in [0.1, 0.15) is 17.5 Å². The molecular formula is C34H42N4O6. The monoisotopic (exact) mass is 602 g/mol. The average Bonchev–Trinajstić information content (AvgIpc) is 3.80. The first-order valence-electron chi connectivity index (χ1n) is 14.6. The first-order valence-corrected chi connectivity index (χ1v) is 14.6. The van der Waals surface area contributed by atoms with Gasteiger partial charge in [-0.1, -0.05) is 42.5 Å². The van der Waals surface area contributed by atoms with Gasteiger partial charge in [0.05, 0.1) is 24.9 Å². The van der Waals surface area contributed by atoms with E-state index in [1.807, 2.05) is 66.7 Å². The molecule has 10 nitrogen and oxygen atoms in total. The van der Waals surface area contributed by atoms with Crippen LogP contribution in [-0.2, 0) is 9.59 Å². The second-order valence-corrected chi connectivity index (χ2v) is 10.5. The minimum atomic E-state index is -0.744. The second-order valence-electron chi connectivity index (χ2n) is 10.5. The zero-order valence-electron chi connectivity index (χ0n) is 25.4. The first kappa shape index (κ1) is 33.6. The quantitative estimate of drug-likeness (QED) is 0.120. The number of fused-ring (bicyclic) bond motifs is 1. The third-order valence-electron chi connectivity index (χ3n) is 7.30. The molecule has 3 amide bonds. The van der Waals surface area contributed by atoms with Gasteiger partial charge in [0.2, 0.25) is 5.91 Å². The molecular weight excluding hydrogens is 560 g/mol. The Kier molecular flexibility index (Phi) is 13.2. The zero-order chi connectivity index (χ0) is 31.9. The Balaban J connectivity index is 0.00000169. The summed E-state index contributed by atoms with van der Waals surface area (Å²) in [6, 6.07) is 16.5. The minimum absolute atomic E-state index is 0.0597. The molecule has 3 N–H and O–H groups in total. The maximum atomic E-state index is 13.2. The SMILES string of the molecule is C=CCCCCN(C)C(=O)NC(CCOc1cc(-c2ccccc2)nc2cc(OC)ccc12)C(=O)NC1C[C@H]1C=C.O=CO. The molecule has 234 valence electrons. The van der Waals surface area contributed by atoms with E-state index in [0.717, 1.165) is 47.8 Å². The number of carbonyl (C=O) groups excluding carboxylic acids is 2. The molecule has 1 aliphatic rings. The zero-order valence-corrected chi connectivity index (χ0v) is 25.4. The van der Waals surface area contributed by atoms with Crippen LogP contribution in [0.4, 0.5) is 4.79 Å². The summed E-state index contributed by atoms with van der Waals surface area (Å²) in [5, 5.41) is 13.7. The lowest BCUT2D eigenvalue weighted by molar-refractivity contribution is -0.124. The van der Waals surface area contributed by atoms with Crippen molar-refractivity contribution >= 4 is 29.3 Å². The van der Waals surface area contributed by atoms with Crippen LogP contribution in [0.25, 0.3) is 22.2 Å². The smallest absolute Gasteiger partial charge is 0.317 e. The van der Waals surface area contributed by atoms with Crippen molar-refractivity contribution in [1.82, 2.24) is 20.5 Å². The van der Waals surface area contributed by atoms with E-state index in [9.17, 15) is 9.59 Å². The number of rotatable bonds is 15. The highest BCUT2D eigenvalue weighted by molar-refractivity contribution is 5.89. The number of carbonyl (C=O) groups is 3. The lowest BCUT2D eigenvalue weighted by Gasteiger charge is -2.23. The number of hydrogen-bond acceptors (Lipinski definition) is 6. The van der Waals surface area contributed by atoms with Crippen molar-refractivity contribution in [2.75, 3.05) is 27.3 Å². The predicted octanol–water partition coefficient (Wildman–Crippen LogP) is 5.44. The fourth-order valence-corrected chi connectivity index (χ4v) is 4.66. The summed E-state index contributed by atoms with van der Waals surface area (Å²) in [6.07, 6.45) is 7.63. The van der Waals surface area contributed by atoms with Crippen LogP contribution in [0.15, 0.2) is 79.9 Å². The van der Waals surface area contributed by atoms with Gasteiger partial charge in [0.15, 0.2) is 0 Å². The summed E-state index contributed by atoms with van der Waals surface area (Å²) in [4.78, 5) is 41.0. The summed E-state index contributed by atoms with van der Waals surface area (Å²) in [7, 11) is 3.36. The van der Waals surface area contributed by atoms with Crippen LogP contribution in [0.1, 0.15) is 32.1 Å². The Labute approximate surface area is 258 Å². The van der Waals surface area contributed by atoms with E-state index in [1.54, 1.807) is 19.1 Å². The molecule has 44 heavy (non-hydrogen) atoms. The van der Waals surface area contributed by atoms with Crippen molar-refractivity contribution in [3.8, 4) is 22.8 Å². The topological polar surface area (TPSA) is 130 Å². The molecule has 0 bridgehead atoms. The highest BCUT2D eigenvalue weighted by Gasteiger charge is 2.37. The molecule has 0 aliphatic heterocycles. The molecule has 0 radical (unpaired) electrons. The number of pyridine rings is 1. The van der Waals surface area contributed by atoms with Crippen LogP contribution in [-0.4, -0.2) is 72.8 Å².